The van der Waals surface area contributed by atoms with E-state index in [1.54, 1.807) is 23.1 Å². The second kappa shape index (κ2) is 8.33. The van der Waals surface area contributed by atoms with Crippen molar-refractivity contribution in [3.8, 4) is 11.5 Å². The SMILES string of the molecule is COc1ccc(C2c3c(oc4ccc(F)cc4c3=O)C(=O)N2Cc2ccc(C)cc2)cc1OC. The number of hydrogen-bond acceptors (Lipinski definition) is 5. The Hall–Kier alpha value is -4.13. The van der Waals surface area contributed by atoms with E-state index < -0.39 is 23.2 Å². The number of aryl methyl sites for hydroxylation is 1. The Kier molecular flexibility index (Phi) is 5.32. The van der Waals surface area contributed by atoms with Crippen molar-refractivity contribution in [2.75, 3.05) is 14.2 Å². The van der Waals surface area contributed by atoms with Crippen LogP contribution in [0.3, 0.4) is 0 Å². The lowest BCUT2D eigenvalue weighted by atomic mass is 9.97. The zero-order valence-corrected chi connectivity index (χ0v) is 18.9. The van der Waals surface area contributed by atoms with Gasteiger partial charge in [-0.25, -0.2) is 4.39 Å². The first-order chi connectivity index (χ1) is 16.4. The van der Waals surface area contributed by atoms with Crippen molar-refractivity contribution < 1.29 is 23.1 Å². The van der Waals surface area contributed by atoms with Crippen LogP contribution >= 0.6 is 0 Å². The highest BCUT2D eigenvalue weighted by Gasteiger charge is 2.43. The number of carbonyl (C=O) groups is 1. The van der Waals surface area contributed by atoms with Crippen molar-refractivity contribution >= 4 is 16.9 Å². The summed E-state index contributed by atoms with van der Waals surface area (Å²) < 4.78 is 30.6. The van der Waals surface area contributed by atoms with Gasteiger partial charge in [-0.3, -0.25) is 9.59 Å². The van der Waals surface area contributed by atoms with Crippen LogP contribution in [-0.2, 0) is 6.54 Å². The van der Waals surface area contributed by atoms with E-state index in [-0.39, 0.29) is 28.8 Å². The van der Waals surface area contributed by atoms with Crippen LogP contribution in [0.15, 0.2) is 69.9 Å². The molecule has 0 spiro atoms. The predicted molar refractivity (Wildman–Crippen MR) is 125 cm³/mol. The molecule has 2 heterocycles. The molecule has 0 aliphatic carbocycles. The summed E-state index contributed by atoms with van der Waals surface area (Å²) in [6, 6.07) is 16.0. The van der Waals surface area contributed by atoms with E-state index in [1.807, 2.05) is 31.2 Å². The summed E-state index contributed by atoms with van der Waals surface area (Å²) in [4.78, 5) is 28.7. The minimum Gasteiger partial charge on any atom is -0.493 e. The molecule has 5 rings (SSSR count). The second-order valence-corrected chi connectivity index (χ2v) is 8.25. The Labute approximate surface area is 195 Å². The zero-order valence-electron chi connectivity index (χ0n) is 18.9. The summed E-state index contributed by atoms with van der Waals surface area (Å²) in [7, 11) is 3.05. The molecule has 0 bridgehead atoms. The van der Waals surface area contributed by atoms with E-state index >= 15 is 0 Å². The lowest BCUT2D eigenvalue weighted by molar-refractivity contribution is 0.0714. The standard InChI is InChI=1S/C27H22FNO5/c1-15-4-6-16(7-5-15)14-29-24(17-8-10-21(32-2)22(12-17)33-3)23-25(30)19-13-18(28)9-11-20(19)34-26(23)27(29)31/h4-13,24H,14H2,1-3H3. The van der Waals surface area contributed by atoms with Gasteiger partial charge in [0.15, 0.2) is 16.9 Å². The number of benzene rings is 3. The average Bonchev–Trinajstić information content (AvgIpc) is 3.12. The number of halogens is 1. The second-order valence-electron chi connectivity index (χ2n) is 8.25. The predicted octanol–water partition coefficient (Wildman–Crippen LogP) is 5.00. The van der Waals surface area contributed by atoms with E-state index in [2.05, 4.69) is 0 Å². The van der Waals surface area contributed by atoms with Gasteiger partial charge in [0.2, 0.25) is 5.76 Å². The Morgan fingerprint density at radius 2 is 1.68 bits per heavy atom. The van der Waals surface area contributed by atoms with Gasteiger partial charge in [-0.05, 0) is 48.4 Å². The first kappa shape index (κ1) is 21.7. The summed E-state index contributed by atoms with van der Waals surface area (Å²) in [5.41, 5.74) is 2.57. The van der Waals surface area contributed by atoms with Crippen LogP contribution in [0, 0.1) is 12.7 Å². The van der Waals surface area contributed by atoms with E-state index in [0.717, 1.165) is 17.2 Å². The third kappa shape index (κ3) is 3.50. The molecular formula is C27H22FNO5. The molecule has 34 heavy (non-hydrogen) atoms. The summed E-state index contributed by atoms with van der Waals surface area (Å²) >= 11 is 0. The van der Waals surface area contributed by atoms with Gasteiger partial charge in [0.1, 0.15) is 11.4 Å². The normalized spacial score (nSPS) is 15.0. The summed E-state index contributed by atoms with van der Waals surface area (Å²) in [5.74, 6) is -0.00107. The number of rotatable bonds is 5. The molecule has 0 saturated carbocycles. The molecule has 0 saturated heterocycles. The highest BCUT2D eigenvalue weighted by molar-refractivity contribution is 5.99. The molecule has 0 N–H and O–H groups in total. The fourth-order valence-electron chi connectivity index (χ4n) is 4.42. The minimum atomic E-state index is -0.743. The fraction of sp³-hybridized carbons (Fsp3) is 0.185. The number of hydrogen-bond donors (Lipinski definition) is 0. The molecule has 172 valence electrons. The van der Waals surface area contributed by atoms with Gasteiger partial charge in [0.25, 0.3) is 5.91 Å². The first-order valence-corrected chi connectivity index (χ1v) is 10.8. The van der Waals surface area contributed by atoms with Crippen LogP contribution in [0.5, 0.6) is 11.5 Å². The quantitative estimate of drug-likeness (QED) is 0.420. The van der Waals surface area contributed by atoms with Gasteiger partial charge < -0.3 is 18.8 Å². The maximum Gasteiger partial charge on any atom is 0.291 e. The molecule has 1 aromatic heterocycles. The van der Waals surface area contributed by atoms with Gasteiger partial charge in [0, 0.05) is 6.54 Å². The van der Waals surface area contributed by atoms with Crippen LogP contribution < -0.4 is 14.9 Å². The van der Waals surface area contributed by atoms with Crippen molar-refractivity contribution in [2.24, 2.45) is 0 Å². The fourth-order valence-corrected chi connectivity index (χ4v) is 4.42. The molecule has 1 amide bonds. The van der Waals surface area contributed by atoms with E-state index in [0.29, 0.717) is 17.1 Å². The monoisotopic (exact) mass is 459 g/mol. The third-order valence-electron chi connectivity index (χ3n) is 6.12. The van der Waals surface area contributed by atoms with Gasteiger partial charge in [-0.2, -0.15) is 0 Å². The maximum absolute atomic E-state index is 14.0. The first-order valence-electron chi connectivity index (χ1n) is 10.8. The van der Waals surface area contributed by atoms with Gasteiger partial charge in [0.05, 0.1) is 31.2 Å². The third-order valence-corrected chi connectivity index (χ3v) is 6.12. The number of ether oxygens (including phenoxy) is 2. The van der Waals surface area contributed by atoms with E-state index in [1.165, 1.54) is 26.4 Å². The van der Waals surface area contributed by atoms with Gasteiger partial charge in [-0.1, -0.05) is 35.9 Å². The molecule has 1 aliphatic heterocycles. The highest BCUT2D eigenvalue weighted by Crippen LogP contribution is 2.41. The van der Waals surface area contributed by atoms with Crippen molar-refractivity contribution in [2.45, 2.75) is 19.5 Å². The molecule has 4 aromatic rings. The van der Waals surface area contributed by atoms with Gasteiger partial charge in [-0.15, -0.1) is 0 Å². The smallest absolute Gasteiger partial charge is 0.291 e. The van der Waals surface area contributed by atoms with E-state index in [4.69, 9.17) is 13.9 Å². The molecule has 3 aromatic carbocycles. The lowest BCUT2D eigenvalue weighted by Crippen LogP contribution is -2.29. The largest absolute Gasteiger partial charge is 0.493 e. The van der Waals surface area contributed by atoms with Crippen molar-refractivity contribution in [3.05, 3.63) is 105 Å². The number of fused-ring (bicyclic) bond motifs is 2. The highest BCUT2D eigenvalue weighted by atomic mass is 19.1. The van der Waals surface area contributed by atoms with E-state index in [9.17, 15) is 14.0 Å². The number of amides is 1. The Balaban J connectivity index is 1.73. The molecule has 6 nitrogen and oxygen atoms in total. The Morgan fingerprint density at radius 3 is 2.38 bits per heavy atom. The molecule has 1 unspecified atom stereocenters. The van der Waals surface area contributed by atoms with Crippen LogP contribution in [0.4, 0.5) is 4.39 Å². The van der Waals surface area contributed by atoms with Crippen molar-refractivity contribution in [1.29, 1.82) is 0 Å². The zero-order chi connectivity index (χ0) is 24.0. The summed E-state index contributed by atoms with van der Waals surface area (Å²) in [6.07, 6.45) is 0. The maximum atomic E-state index is 14.0. The van der Waals surface area contributed by atoms with Crippen LogP contribution in [0.1, 0.15) is 38.9 Å². The molecular weight excluding hydrogens is 437 g/mol. The molecule has 0 radical (unpaired) electrons. The average molecular weight is 459 g/mol. The van der Waals surface area contributed by atoms with Gasteiger partial charge >= 0.3 is 0 Å². The minimum absolute atomic E-state index is 0.0315. The Morgan fingerprint density at radius 1 is 0.941 bits per heavy atom. The number of nitrogens with zero attached hydrogens (tertiary/aromatic N) is 1. The molecule has 1 atom stereocenters. The van der Waals surface area contributed by atoms with Crippen LogP contribution in [0.2, 0.25) is 0 Å². The molecule has 1 aliphatic rings. The number of methoxy groups -OCH3 is 2. The van der Waals surface area contributed by atoms with Crippen LogP contribution in [0.25, 0.3) is 11.0 Å². The summed E-state index contributed by atoms with van der Waals surface area (Å²) in [6.45, 7) is 2.24. The molecule has 7 heteroatoms. The molecule has 0 fully saturated rings. The Bertz CT molecular complexity index is 1480. The number of carbonyl (C=O) groups excluding carboxylic acids is 1. The topological polar surface area (TPSA) is 69.0 Å². The summed E-state index contributed by atoms with van der Waals surface area (Å²) in [5, 5.41) is 0.0919. The van der Waals surface area contributed by atoms with Crippen molar-refractivity contribution in [1.82, 2.24) is 4.90 Å². The van der Waals surface area contributed by atoms with Crippen LogP contribution in [-0.4, -0.2) is 25.0 Å². The van der Waals surface area contributed by atoms with Crippen molar-refractivity contribution in [3.63, 3.8) is 0 Å². The lowest BCUT2D eigenvalue weighted by Gasteiger charge is -2.26.